The van der Waals surface area contributed by atoms with Crippen molar-refractivity contribution in [3.63, 3.8) is 0 Å². The van der Waals surface area contributed by atoms with Gasteiger partial charge in [0.2, 0.25) is 0 Å². The average Bonchev–Trinajstić information content (AvgIpc) is 3.32. The number of quaternary nitrogens is 1. The molecule has 40 heavy (non-hydrogen) atoms. The van der Waals surface area contributed by atoms with Crippen molar-refractivity contribution < 1.29 is 18.7 Å². The van der Waals surface area contributed by atoms with Gasteiger partial charge < -0.3 is 35.2 Å². The standard InChI is InChI=1S/C28H52N5O4PS.H3N/c1-3-4-5-6-7-8-9-10-11-13-16-19-39-20-17-14-12-15-18-37-38(34,35)24-36-25(2)21-33-23-32-26-27(29)30-22-31-28(26)33;/h22-23,25H,3-21,24H2,1-2H3,(H,34,35)(H2,29,30,31);1H3/t25-;/m1./s1. The van der Waals surface area contributed by atoms with Crippen LogP contribution < -0.4 is 16.8 Å². The highest BCUT2D eigenvalue weighted by atomic mass is 32.2. The first-order chi connectivity index (χ1) is 18.9. The zero-order valence-corrected chi connectivity index (χ0v) is 26.9. The molecule has 2 heterocycles. The van der Waals surface area contributed by atoms with Gasteiger partial charge in [-0.3, -0.25) is 0 Å². The molecule has 0 aliphatic rings. The van der Waals surface area contributed by atoms with Crippen molar-refractivity contribution >= 4 is 36.3 Å². The summed E-state index contributed by atoms with van der Waals surface area (Å²) in [5, 5.41) is 0. The smallest absolute Gasteiger partial charge is 0.165 e. The lowest BCUT2D eigenvalue weighted by Crippen LogP contribution is -2.20. The van der Waals surface area contributed by atoms with Gasteiger partial charge in [-0.1, -0.05) is 84.0 Å². The van der Waals surface area contributed by atoms with Crippen LogP contribution in [0.15, 0.2) is 12.7 Å². The van der Waals surface area contributed by atoms with E-state index in [1.807, 2.05) is 0 Å². The normalized spacial score (nSPS) is 13.8. The molecule has 0 bridgehead atoms. The number of nitrogens with zero attached hydrogens (tertiary/aromatic N) is 4. The summed E-state index contributed by atoms with van der Waals surface area (Å²) in [5.41, 5.74) is 6.91. The third-order valence-corrected chi connectivity index (χ3v) is 8.96. The molecule has 0 radical (unpaired) electrons. The summed E-state index contributed by atoms with van der Waals surface area (Å²) in [6.07, 6.45) is 21.5. The van der Waals surface area contributed by atoms with Crippen LogP contribution in [0.2, 0.25) is 0 Å². The Hall–Kier alpha value is -1.23. The number of aromatic nitrogens is 4. The number of fused-ring (bicyclic) bond motifs is 1. The van der Waals surface area contributed by atoms with Crippen LogP contribution in [-0.2, 0) is 20.4 Å². The summed E-state index contributed by atoms with van der Waals surface area (Å²) in [7, 11) is -4.03. The fraction of sp³-hybridized carbons (Fsp3) is 0.821. The molecule has 2 aromatic rings. The van der Waals surface area contributed by atoms with Gasteiger partial charge in [-0.2, -0.15) is 11.8 Å². The molecule has 0 aromatic carbocycles. The first-order valence-electron chi connectivity index (χ1n) is 15.0. The van der Waals surface area contributed by atoms with Crippen molar-refractivity contribution in [2.75, 3.05) is 30.2 Å². The van der Waals surface area contributed by atoms with Gasteiger partial charge in [0.25, 0.3) is 0 Å². The number of hydrogen-bond donors (Lipinski definition) is 2. The minimum atomic E-state index is -4.03. The van der Waals surface area contributed by atoms with Crippen LogP contribution >= 0.6 is 19.4 Å². The lowest BCUT2D eigenvalue weighted by molar-refractivity contribution is -0.205. The molecule has 12 heteroatoms. The minimum Gasteiger partial charge on any atom is -0.777 e. The molecule has 10 nitrogen and oxygen atoms in total. The Morgan fingerprint density at radius 1 is 0.925 bits per heavy atom. The van der Waals surface area contributed by atoms with E-state index in [1.54, 1.807) is 17.8 Å². The van der Waals surface area contributed by atoms with Gasteiger partial charge in [-0.05, 0) is 37.7 Å². The van der Waals surface area contributed by atoms with Crippen LogP contribution in [0, 0.1) is 0 Å². The second kappa shape index (κ2) is 22.4. The molecule has 2 aromatic heterocycles. The van der Waals surface area contributed by atoms with E-state index in [9.17, 15) is 9.46 Å². The van der Waals surface area contributed by atoms with Crippen LogP contribution in [0.25, 0.3) is 11.2 Å². The van der Waals surface area contributed by atoms with E-state index in [2.05, 4.69) is 33.6 Å². The Balaban J connectivity index is 0.00000800. The van der Waals surface area contributed by atoms with E-state index in [0.717, 1.165) is 19.3 Å². The molecule has 0 amide bonds. The summed E-state index contributed by atoms with van der Waals surface area (Å²) in [4.78, 5) is 24.5. The Labute approximate surface area is 246 Å². The quantitative estimate of drug-likeness (QED) is 0.0874. The highest BCUT2D eigenvalue weighted by molar-refractivity contribution is 7.99. The largest absolute Gasteiger partial charge is 0.777 e. The van der Waals surface area contributed by atoms with E-state index < -0.39 is 13.9 Å². The molecule has 1 unspecified atom stereocenters. The van der Waals surface area contributed by atoms with Crippen LogP contribution in [0.4, 0.5) is 5.82 Å². The molecule has 0 spiro atoms. The van der Waals surface area contributed by atoms with Gasteiger partial charge in [0, 0.05) is 0 Å². The van der Waals surface area contributed by atoms with E-state index >= 15 is 0 Å². The highest BCUT2D eigenvalue weighted by Gasteiger charge is 2.14. The third kappa shape index (κ3) is 16.3. The number of rotatable bonds is 25. The SMILES string of the molecule is CCCCCCCCCCCCCSCCCCCCOP(=O)([O-])CO[C@H](C)Cn1cnc2c(N)ncnc21.[NH4+]. The minimum absolute atomic E-state index is 0. The van der Waals surface area contributed by atoms with E-state index in [-0.39, 0.29) is 18.9 Å². The predicted octanol–water partition coefficient (Wildman–Crippen LogP) is 7.32. The van der Waals surface area contributed by atoms with Crippen LogP contribution in [0.5, 0.6) is 0 Å². The lowest BCUT2D eigenvalue weighted by Gasteiger charge is -2.25. The summed E-state index contributed by atoms with van der Waals surface area (Å²) in [5.74, 6) is 2.76. The Morgan fingerprint density at radius 2 is 1.50 bits per heavy atom. The Morgan fingerprint density at radius 3 is 2.12 bits per heavy atom. The molecule has 0 aliphatic carbocycles. The second-order valence-corrected chi connectivity index (χ2v) is 13.4. The maximum Gasteiger partial charge on any atom is 0.165 e. The van der Waals surface area contributed by atoms with Crippen molar-refractivity contribution in [1.29, 1.82) is 0 Å². The van der Waals surface area contributed by atoms with Crippen molar-refractivity contribution in [2.24, 2.45) is 0 Å². The number of hydrogen-bond acceptors (Lipinski definition) is 9. The molecular weight excluding hydrogens is 547 g/mol. The number of ether oxygens (including phenoxy) is 1. The number of thioether (sulfide) groups is 1. The highest BCUT2D eigenvalue weighted by Crippen LogP contribution is 2.37. The first kappa shape index (κ1) is 36.8. The summed E-state index contributed by atoms with van der Waals surface area (Å²) >= 11 is 2.05. The molecule has 232 valence electrons. The van der Waals surface area contributed by atoms with Crippen molar-refractivity contribution in [3.05, 3.63) is 12.7 Å². The molecule has 0 fully saturated rings. The van der Waals surface area contributed by atoms with Crippen LogP contribution in [0.3, 0.4) is 0 Å². The molecule has 6 N–H and O–H groups in total. The number of anilines is 1. The van der Waals surface area contributed by atoms with Crippen LogP contribution in [0.1, 0.15) is 110 Å². The first-order valence-corrected chi connectivity index (χ1v) is 17.9. The summed E-state index contributed by atoms with van der Waals surface area (Å²) < 4.78 is 24.6. The number of imidazole rings is 1. The van der Waals surface area contributed by atoms with Gasteiger partial charge in [0.05, 0.1) is 25.6 Å². The van der Waals surface area contributed by atoms with Gasteiger partial charge in [-0.15, -0.1) is 0 Å². The zero-order chi connectivity index (χ0) is 28.2. The predicted molar refractivity (Wildman–Crippen MR) is 167 cm³/mol. The summed E-state index contributed by atoms with van der Waals surface area (Å²) in [6, 6.07) is 0. The number of unbranched alkanes of at least 4 members (excludes halogenated alkanes) is 13. The molecular formula is C28H55N6O4PS. The number of nitrogens with two attached hydrogens (primary N) is 1. The molecule has 0 saturated carbocycles. The van der Waals surface area contributed by atoms with Gasteiger partial charge in [-0.25, -0.2) is 15.0 Å². The molecule has 2 rings (SSSR count). The summed E-state index contributed by atoms with van der Waals surface area (Å²) in [6.45, 7) is 4.68. The average molecular weight is 603 g/mol. The van der Waals surface area contributed by atoms with Crippen LogP contribution in [-0.4, -0.2) is 50.1 Å². The maximum absolute atomic E-state index is 12.2. The van der Waals surface area contributed by atoms with Gasteiger partial charge >= 0.3 is 0 Å². The Kier molecular flexibility index (Phi) is 20.6. The van der Waals surface area contributed by atoms with E-state index in [1.165, 1.54) is 94.9 Å². The van der Waals surface area contributed by atoms with Crippen molar-refractivity contribution in [1.82, 2.24) is 25.7 Å². The molecule has 0 aliphatic heterocycles. The molecule has 0 saturated heterocycles. The second-order valence-electron chi connectivity index (χ2n) is 10.4. The fourth-order valence-electron chi connectivity index (χ4n) is 4.45. The van der Waals surface area contributed by atoms with Gasteiger partial charge in [0.1, 0.15) is 18.2 Å². The lowest BCUT2D eigenvalue weighted by atomic mass is 10.1. The topological polar surface area (TPSA) is 165 Å². The maximum atomic E-state index is 12.2. The fourth-order valence-corrected chi connectivity index (χ4v) is 6.39. The third-order valence-electron chi connectivity index (χ3n) is 6.76. The monoisotopic (exact) mass is 602 g/mol. The van der Waals surface area contributed by atoms with E-state index in [0.29, 0.717) is 23.5 Å². The number of nitrogen functional groups attached to an aromatic ring is 1. The van der Waals surface area contributed by atoms with Crippen molar-refractivity contribution in [2.45, 2.75) is 123 Å². The molecule has 2 atom stereocenters. The van der Waals surface area contributed by atoms with E-state index in [4.69, 9.17) is 15.0 Å². The van der Waals surface area contributed by atoms with Crippen molar-refractivity contribution in [3.8, 4) is 0 Å². The van der Waals surface area contributed by atoms with Gasteiger partial charge in [0.15, 0.2) is 19.1 Å². The zero-order valence-electron chi connectivity index (χ0n) is 25.2. The Bertz CT molecular complexity index is 951.